The average molecular weight is 248 g/mol. The fraction of sp³-hybridized carbons (Fsp3) is 0.571. The van der Waals surface area contributed by atoms with Gasteiger partial charge in [-0.1, -0.05) is 12.1 Å². The van der Waals surface area contributed by atoms with Crippen LogP contribution < -0.4 is 0 Å². The predicted octanol–water partition coefficient (Wildman–Crippen LogP) is 2.58. The van der Waals surface area contributed by atoms with Gasteiger partial charge in [0.2, 0.25) is 0 Å². The number of hydrogen-bond donors (Lipinski definition) is 0. The molecule has 0 aromatic carbocycles. The standard InChI is InChI=1S/C14H20N2S/c1-2-7-15-8-5-14-13(15)6-9-16(14)11-12-4-3-10-17-12/h2-4,10,13-14H,1,5-9,11H2/t13-,14+/m0/s1. The molecule has 2 saturated heterocycles. The molecule has 1 aromatic rings. The Morgan fingerprint density at radius 1 is 1.29 bits per heavy atom. The van der Waals surface area contributed by atoms with Gasteiger partial charge >= 0.3 is 0 Å². The number of fused-ring (bicyclic) bond motifs is 1. The van der Waals surface area contributed by atoms with E-state index in [9.17, 15) is 0 Å². The largest absolute Gasteiger partial charge is 0.295 e. The van der Waals surface area contributed by atoms with Gasteiger partial charge in [-0.2, -0.15) is 0 Å². The van der Waals surface area contributed by atoms with Gasteiger partial charge < -0.3 is 0 Å². The highest BCUT2D eigenvalue weighted by Gasteiger charge is 2.41. The SMILES string of the molecule is C=CCN1CC[C@@H]2[C@@H]1CCN2Cc1cccs1. The topological polar surface area (TPSA) is 6.48 Å². The van der Waals surface area contributed by atoms with Gasteiger partial charge in [-0.05, 0) is 24.3 Å². The molecule has 1 aromatic heterocycles. The van der Waals surface area contributed by atoms with Crippen molar-refractivity contribution >= 4 is 11.3 Å². The molecule has 0 radical (unpaired) electrons. The Labute approximate surface area is 108 Å². The summed E-state index contributed by atoms with van der Waals surface area (Å²) in [4.78, 5) is 6.79. The normalized spacial score (nSPS) is 29.6. The van der Waals surface area contributed by atoms with Gasteiger partial charge in [-0.25, -0.2) is 0 Å². The molecule has 17 heavy (non-hydrogen) atoms. The van der Waals surface area contributed by atoms with Crippen molar-refractivity contribution < 1.29 is 0 Å². The highest BCUT2D eigenvalue weighted by molar-refractivity contribution is 7.09. The molecule has 2 fully saturated rings. The molecule has 0 unspecified atom stereocenters. The predicted molar refractivity (Wildman–Crippen MR) is 73.3 cm³/mol. The van der Waals surface area contributed by atoms with Crippen molar-refractivity contribution in [1.29, 1.82) is 0 Å². The molecule has 0 aliphatic carbocycles. The van der Waals surface area contributed by atoms with E-state index in [0.717, 1.165) is 25.2 Å². The molecule has 3 heterocycles. The van der Waals surface area contributed by atoms with E-state index >= 15 is 0 Å². The highest BCUT2D eigenvalue weighted by Crippen LogP contribution is 2.32. The lowest BCUT2D eigenvalue weighted by Crippen LogP contribution is -2.36. The Morgan fingerprint density at radius 3 is 2.76 bits per heavy atom. The Bertz CT molecular complexity index is 374. The summed E-state index contributed by atoms with van der Waals surface area (Å²) < 4.78 is 0. The van der Waals surface area contributed by atoms with Crippen molar-refractivity contribution in [3.05, 3.63) is 35.0 Å². The number of likely N-dealkylation sites (tertiary alicyclic amines) is 2. The molecule has 3 rings (SSSR count). The summed E-state index contributed by atoms with van der Waals surface area (Å²) in [7, 11) is 0. The average Bonchev–Trinajstić information content (AvgIpc) is 3.00. The van der Waals surface area contributed by atoms with Crippen LogP contribution in [-0.4, -0.2) is 41.5 Å². The lowest BCUT2D eigenvalue weighted by molar-refractivity contribution is 0.227. The van der Waals surface area contributed by atoms with Gasteiger partial charge in [0.25, 0.3) is 0 Å². The van der Waals surface area contributed by atoms with Crippen LogP contribution in [0.3, 0.4) is 0 Å². The van der Waals surface area contributed by atoms with Crippen molar-refractivity contribution in [3.63, 3.8) is 0 Å². The van der Waals surface area contributed by atoms with Gasteiger partial charge in [0, 0.05) is 43.1 Å². The first-order valence-electron chi connectivity index (χ1n) is 6.50. The highest BCUT2D eigenvalue weighted by atomic mass is 32.1. The van der Waals surface area contributed by atoms with Gasteiger partial charge in [0.15, 0.2) is 0 Å². The first-order valence-corrected chi connectivity index (χ1v) is 7.38. The lowest BCUT2D eigenvalue weighted by Gasteiger charge is -2.24. The van der Waals surface area contributed by atoms with E-state index in [4.69, 9.17) is 0 Å². The van der Waals surface area contributed by atoms with Gasteiger partial charge in [0.1, 0.15) is 0 Å². The number of thiophene rings is 1. The quantitative estimate of drug-likeness (QED) is 0.756. The van der Waals surface area contributed by atoms with E-state index < -0.39 is 0 Å². The third-order valence-corrected chi connectivity index (χ3v) is 4.97. The fourth-order valence-corrected chi connectivity index (χ4v) is 4.09. The summed E-state index contributed by atoms with van der Waals surface area (Å²) in [6.07, 6.45) is 4.72. The molecule has 0 bridgehead atoms. The Kier molecular flexibility index (Phi) is 3.32. The number of nitrogens with zero attached hydrogens (tertiary/aromatic N) is 2. The fourth-order valence-electron chi connectivity index (χ4n) is 3.36. The second kappa shape index (κ2) is 4.92. The van der Waals surface area contributed by atoms with E-state index in [1.54, 1.807) is 0 Å². The zero-order valence-electron chi connectivity index (χ0n) is 10.2. The van der Waals surface area contributed by atoms with Gasteiger partial charge in [0.05, 0.1) is 0 Å². The third kappa shape index (κ3) is 2.19. The second-order valence-corrected chi connectivity index (χ2v) is 6.08. The van der Waals surface area contributed by atoms with Crippen molar-refractivity contribution in [2.75, 3.05) is 19.6 Å². The maximum atomic E-state index is 3.86. The van der Waals surface area contributed by atoms with Crippen molar-refractivity contribution in [3.8, 4) is 0 Å². The summed E-state index contributed by atoms with van der Waals surface area (Å²) in [5, 5.41) is 2.18. The van der Waals surface area contributed by atoms with E-state index in [2.05, 4.69) is 33.9 Å². The first kappa shape index (κ1) is 11.5. The molecular formula is C14H20N2S. The maximum Gasteiger partial charge on any atom is 0.0331 e. The van der Waals surface area contributed by atoms with Crippen molar-refractivity contribution in [1.82, 2.24) is 9.80 Å². The van der Waals surface area contributed by atoms with E-state index in [-0.39, 0.29) is 0 Å². The van der Waals surface area contributed by atoms with Crippen molar-refractivity contribution in [2.45, 2.75) is 31.5 Å². The number of hydrogen-bond acceptors (Lipinski definition) is 3. The van der Waals surface area contributed by atoms with Crippen LogP contribution >= 0.6 is 11.3 Å². The van der Waals surface area contributed by atoms with Crippen LogP contribution in [0.5, 0.6) is 0 Å². The summed E-state index contributed by atoms with van der Waals surface area (Å²) in [6, 6.07) is 5.99. The minimum absolute atomic E-state index is 0.785. The van der Waals surface area contributed by atoms with Gasteiger partial charge in [-0.15, -0.1) is 17.9 Å². The van der Waals surface area contributed by atoms with Crippen LogP contribution in [0.25, 0.3) is 0 Å². The van der Waals surface area contributed by atoms with Crippen LogP contribution in [0.15, 0.2) is 30.2 Å². The lowest BCUT2D eigenvalue weighted by atomic mass is 10.1. The minimum Gasteiger partial charge on any atom is -0.295 e. The molecule has 2 nitrogen and oxygen atoms in total. The molecule has 2 aliphatic rings. The molecule has 0 amide bonds. The van der Waals surface area contributed by atoms with Crippen molar-refractivity contribution in [2.24, 2.45) is 0 Å². The smallest absolute Gasteiger partial charge is 0.0331 e. The zero-order valence-corrected chi connectivity index (χ0v) is 11.0. The van der Waals surface area contributed by atoms with Crippen LogP contribution in [0.1, 0.15) is 17.7 Å². The van der Waals surface area contributed by atoms with Gasteiger partial charge in [-0.3, -0.25) is 9.80 Å². The summed E-state index contributed by atoms with van der Waals surface area (Å²) >= 11 is 1.88. The van der Waals surface area contributed by atoms with Crippen LogP contribution in [-0.2, 0) is 6.54 Å². The van der Waals surface area contributed by atoms with Crippen LogP contribution in [0.2, 0.25) is 0 Å². The molecule has 3 heteroatoms. The molecular weight excluding hydrogens is 228 g/mol. The Morgan fingerprint density at radius 2 is 2.06 bits per heavy atom. The Hall–Kier alpha value is -0.640. The second-order valence-electron chi connectivity index (χ2n) is 5.05. The van der Waals surface area contributed by atoms with E-state index in [0.29, 0.717) is 0 Å². The number of rotatable bonds is 4. The third-order valence-electron chi connectivity index (χ3n) is 4.11. The molecule has 92 valence electrons. The monoisotopic (exact) mass is 248 g/mol. The summed E-state index contributed by atoms with van der Waals surface area (Å²) in [5.74, 6) is 0. The van der Waals surface area contributed by atoms with E-state index in [1.165, 1.54) is 30.8 Å². The molecule has 0 saturated carbocycles. The first-order chi connectivity index (χ1) is 8.38. The molecule has 2 aliphatic heterocycles. The Balaban J connectivity index is 1.64. The van der Waals surface area contributed by atoms with Crippen LogP contribution in [0, 0.1) is 0 Å². The maximum absolute atomic E-state index is 3.86. The van der Waals surface area contributed by atoms with E-state index in [1.807, 2.05) is 17.4 Å². The summed E-state index contributed by atoms with van der Waals surface area (Å²) in [6.45, 7) is 8.60. The molecule has 2 atom stereocenters. The van der Waals surface area contributed by atoms with Crippen LogP contribution in [0.4, 0.5) is 0 Å². The molecule has 0 spiro atoms. The molecule has 0 N–H and O–H groups in total. The minimum atomic E-state index is 0.785. The zero-order chi connectivity index (χ0) is 11.7. The summed E-state index contributed by atoms with van der Waals surface area (Å²) in [5.41, 5.74) is 0.